The summed E-state index contributed by atoms with van der Waals surface area (Å²) in [6.45, 7) is 2.54. The van der Waals surface area contributed by atoms with Crippen LogP contribution in [0.4, 0.5) is 5.69 Å². The molecule has 2 aliphatic heterocycles. The molecular formula is C20H21N3O8S. The minimum Gasteiger partial charge on any atom is -0.456 e. The van der Waals surface area contributed by atoms with Crippen LogP contribution in [0.1, 0.15) is 25.8 Å². The lowest BCUT2D eigenvalue weighted by molar-refractivity contribution is -0.384. The van der Waals surface area contributed by atoms with Gasteiger partial charge in [0.1, 0.15) is 12.3 Å². The Balaban J connectivity index is 1.80. The van der Waals surface area contributed by atoms with Gasteiger partial charge in [-0.2, -0.15) is 0 Å². The van der Waals surface area contributed by atoms with Crippen molar-refractivity contribution in [3.63, 3.8) is 0 Å². The molecule has 12 heteroatoms. The first kappa shape index (κ1) is 23.3. The molecule has 0 aliphatic carbocycles. The van der Waals surface area contributed by atoms with Crippen LogP contribution in [0, 0.1) is 16.0 Å². The van der Waals surface area contributed by atoms with Gasteiger partial charge in [-0.25, -0.2) is 9.00 Å². The highest BCUT2D eigenvalue weighted by Crippen LogP contribution is 2.45. The van der Waals surface area contributed by atoms with Gasteiger partial charge >= 0.3 is 5.97 Å². The number of hydrogen-bond acceptors (Lipinski definition) is 8. The zero-order valence-electron chi connectivity index (χ0n) is 17.2. The van der Waals surface area contributed by atoms with Crippen LogP contribution < -0.4 is 5.32 Å². The Bertz CT molecular complexity index is 1050. The molecule has 1 unspecified atom stereocenters. The van der Waals surface area contributed by atoms with E-state index in [0.717, 1.165) is 0 Å². The molecule has 0 spiro atoms. The summed E-state index contributed by atoms with van der Waals surface area (Å²) in [5.74, 6) is -2.43. The van der Waals surface area contributed by atoms with Crippen LogP contribution in [-0.2, 0) is 36.5 Å². The molecule has 1 aromatic carbocycles. The molecule has 32 heavy (non-hydrogen) atoms. The molecule has 1 aromatic rings. The lowest BCUT2D eigenvalue weighted by Crippen LogP contribution is -2.61. The van der Waals surface area contributed by atoms with Gasteiger partial charge in [0.05, 0.1) is 38.7 Å². The first-order valence-corrected chi connectivity index (χ1v) is 10.8. The summed E-state index contributed by atoms with van der Waals surface area (Å²) in [5, 5.41) is 24.2. The number of rotatable bonds is 8. The standard InChI is InChI=1S/C20H21N3O8S/c1-11(24)17-15-9-16(32(30)8-7-21-12(2)25)18(22(15)19(17)26)20(27)31-10-13-3-5-14(6-4-13)23(28)29/h3-8,11,15,17,24H,9-10H2,1-2H3,(H,21,25)/b8-7+/t11-,15-,17-,32?/m1/s1. The number of amides is 2. The number of benzene rings is 1. The van der Waals surface area contributed by atoms with Crippen LogP contribution in [0.5, 0.6) is 0 Å². The number of non-ortho nitro benzene ring substituents is 1. The molecule has 0 radical (unpaired) electrons. The second kappa shape index (κ2) is 9.40. The quantitative estimate of drug-likeness (QED) is 0.248. The van der Waals surface area contributed by atoms with Crippen molar-refractivity contribution in [1.82, 2.24) is 10.2 Å². The van der Waals surface area contributed by atoms with Gasteiger partial charge in [-0.05, 0) is 24.6 Å². The maximum Gasteiger partial charge on any atom is 0.356 e. The first-order valence-electron chi connectivity index (χ1n) is 9.61. The van der Waals surface area contributed by atoms with E-state index in [-0.39, 0.29) is 35.2 Å². The Kier molecular flexibility index (Phi) is 6.84. The number of nitro benzene ring substituents is 1. The number of carbonyl (C=O) groups is 3. The van der Waals surface area contributed by atoms with Crippen molar-refractivity contribution in [3.05, 3.63) is 62.2 Å². The average Bonchev–Trinajstić information content (AvgIpc) is 3.06. The van der Waals surface area contributed by atoms with Crippen molar-refractivity contribution >= 4 is 34.3 Å². The van der Waals surface area contributed by atoms with Gasteiger partial charge < -0.3 is 20.1 Å². The van der Waals surface area contributed by atoms with Gasteiger partial charge in [0.25, 0.3) is 5.69 Å². The fourth-order valence-electron chi connectivity index (χ4n) is 3.63. The fraction of sp³-hybridized carbons (Fsp3) is 0.350. The molecule has 2 N–H and O–H groups in total. The molecule has 4 atom stereocenters. The van der Waals surface area contributed by atoms with E-state index in [9.17, 15) is 33.8 Å². The third kappa shape index (κ3) is 4.60. The number of aliphatic hydroxyl groups is 1. The van der Waals surface area contributed by atoms with Gasteiger partial charge in [0.15, 0.2) is 0 Å². The first-order chi connectivity index (χ1) is 15.1. The Labute approximate surface area is 185 Å². The van der Waals surface area contributed by atoms with Crippen LogP contribution in [0.25, 0.3) is 0 Å². The number of fused-ring (bicyclic) bond motifs is 1. The highest BCUT2D eigenvalue weighted by molar-refractivity contribution is 7.91. The average molecular weight is 463 g/mol. The molecule has 0 bridgehead atoms. The van der Waals surface area contributed by atoms with Gasteiger partial charge in [0, 0.05) is 37.1 Å². The zero-order valence-corrected chi connectivity index (χ0v) is 18.0. The van der Waals surface area contributed by atoms with E-state index in [2.05, 4.69) is 5.32 Å². The lowest BCUT2D eigenvalue weighted by atomic mass is 9.83. The van der Waals surface area contributed by atoms with E-state index >= 15 is 0 Å². The van der Waals surface area contributed by atoms with Crippen LogP contribution in [0.3, 0.4) is 0 Å². The molecule has 1 saturated heterocycles. The summed E-state index contributed by atoms with van der Waals surface area (Å²) in [6.07, 6.45) is 0.360. The summed E-state index contributed by atoms with van der Waals surface area (Å²) in [5.41, 5.74) is 0.231. The normalized spacial score (nSPS) is 21.7. The minimum atomic E-state index is -1.83. The number of carbonyl (C=O) groups excluding carboxylic acids is 3. The van der Waals surface area contributed by atoms with Gasteiger partial charge in [0.2, 0.25) is 11.8 Å². The molecule has 2 amide bonds. The summed E-state index contributed by atoms with van der Waals surface area (Å²) in [6, 6.07) is 4.90. The highest BCUT2D eigenvalue weighted by atomic mass is 32.2. The van der Waals surface area contributed by atoms with Crippen molar-refractivity contribution in [2.24, 2.45) is 5.92 Å². The van der Waals surface area contributed by atoms with Crippen molar-refractivity contribution in [2.45, 2.75) is 39.0 Å². The summed E-state index contributed by atoms with van der Waals surface area (Å²) in [4.78, 5) is 47.9. The number of nitro groups is 1. The summed E-state index contributed by atoms with van der Waals surface area (Å²) < 4.78 is 18.0. The molecule has 11 nitrogen and oxygen atoms in total. The molecule has 2 heterocycles. The van der Waals surface area contributed by atoms with Crippen LogP contribution in [0.15, 0.2) is 46.5 Å². The third-order valence-electron chi connectivity index (χ3n) is 5.12. The largest absolute Gasteiger partial charge is 0.456 e. The van der Waals surface area contributed by atoms with E-state index in [1.807, 2.05) is 0 Å². The Morgan fingerprint density at radius 1 is 1.41 bits per heavy atom. The molecule has 0 aromatic heterocycles. The van der Waals surface area contributed by atoms with E-state index in [0.29, 0.717) is 5.56 Å². The third-order valence-corrected chi connectivity index (χ3v) is 6.35. The molecule has 0 saturated carbocycles. The van der Waals surface area contributed by atoms with Crippen LogP contribution in [-0.4, -0.2) is 49.1 Å². The number of ether oxygens (including phenoxy) is 1. The monoisotopic (exact) mass is 463 g/mol. The van der Waals surface area contributed by atoms with Gasteiger partial charge in [-0.15, -0.1) is 0 Å². The maximum atomic E-state index is 12.8. The van der Waals surface area contributed by atoms with E-state index in [1.54, 1.807) is 0 Å². The number of aliphatic hydroxyl groups excluding tert-OH is 1. The lowest BCUT2D eigenvalue weighted by Gasteiger charge is -2.44. The Morgan fingerprint density at radius 2 is 2.06 bits per heavy atom. The van der Waals surface area contributed by atoms with Crippen molar-refractivity contribution in [3.8, 4) is 0 Å². The van der Waals surface area contributed by atoms with Crippen molar-refractivity contribution < 1.29 is 33.4 Å². The second-order valence-electron chi connectivity index (χ2n) is 7.32. The second-order valence-corrected chi connectivity index (χ2v) is 8.68. The van der Waals surface area contributed by atoms with Crippen LogP contribution >= 0.6 is 0 Å². The van der Waals surface area contributed by atoms with Gasteiger partial charge in [-0.3, -0.25) is 19.7 Å². The van der Waals surface area contributed by atoms with Crippen LogP contribution in [0.2, 0.25) is 0 Å². The minimum absolute atomic E-state index is 0.111. The maximum absolute atomic E-state index is 12.8. The summed E-state index contributed by atoms with van der Waals surface area (Å²) in [7, 11) is -1.83. The molecule has 2 aliphatic rings. The topological polar surface area (TPSA) is 156 Å². The Hall–Kier alpha value is -3.38. The van der Waals surface area contributed by atoms with E-state index < -0.39 is 45.7 Å². The number of hydrogen-bond donors (Lipinski definition) is 2. The molecular weight excluding hydrogens is 442 g/mol. The van der Waals surface area contributed by atoms with Crippen molar-refractivity contribution in [1.29, 1.82) is 0 Å². The highest BCUT2D eigenvalue weighted by Gasteiger charge is 2.57. The molecule has 1 fully saturated rings. The SMILES string of the molecule is CC(=O)N/C=C/S(=O)C1=C(C(=O)OCc2ccc([N+](=O)[O-])cc2)N2C(=O)[C@H]([C@@H](C)O)[C@H]2C1. The molecule has 3 rings (SSSR count). The predicted octanol–water partition coefficient (Wildman–Crippen LogP) is 0.817. The molecule has 170 valence electrons. The number of β-lactam (4-membered cyclic amide) rings is 1. The number of esters is 1. The smallest absolute Gasteiger partial charge is 0.356 e. The van der Waals surface area contributed by atoms with E-state index in [4.69, 9.17) is 4.74 Å². The van der Waals surface area contributed by atoms with Gasteiger partial charge in [-0.1, -0.05) is 0 Å². The zero-order chi connectivity index (χ0) is 23.6. The predicted molar refractivity (Wildman–Crippen MR) is 111 cm³/mol. The number of nitrogens with one attached hydrogen (secondary N) is 1. The van der Waals surface area contributed by atoms with Crippen molar-refractivity contribution in [2.75, 3.05) is 0 Å². The summed E-state index contributed by atoms with van der Waals surface area (Å²) >= 11 is 0. The number of nitrogens with zero attached hydrogens (tertiary/aromatic N) is 2. The Morgan fingerprint density at radius 3 is 2.62 bits per heavy atom. The van der Waals surface area contributed by atoms with E-state index in [1.165, 1.54) is 54.6 Å². The fourth-order valence-corrected chi connectivity index (χ4v) is 4.69.